The van der Waals surface area contributed by atoms with E-state index in [1.807, 2.05) is 43.4 Å². The summed E-state index contributed by atoms with van der Waals surface area (Å²) >= 11 is 0. The van der Waals surface area contributed by atoms with Gasteiger partial charge in [0.05, 0.1) is 21.3 Å². The highest BCUT2D eigenvalue weighted by atomic mass is 16.5. The lowest BCUT2D eigenvalue weighted by atomic mass is 10.1. The van der Waals surface area contributed by atoms with Crippen LogP contribution in [0.3, 0.4) is 0 Å². The van der Waals surface area contributed by atoms with E-state index < -0.39 is 0 Å². The minimum absolute atomic E-state index is 0.706. The molecule has 2 aromatic carbocycles. The Morgan fingerprint density at radius 3 is 2.19 bits per heavy atom. The van der Waals surface area contributed by atoms with Gasteiger partial charge in [0.15, 0.2) is 17.5 Å². The molecule has 0 aliphatic carbocycles. The molecule has 0 saturated carbocycles. The zero-order valence-corrected chi connectivity index (χ0v) is 16.8. The van der Waals surface area contributed by atoms with E-state index in [9.17, 15) is 0 Å². The number of hydrogen-bond acceptors (Lipinski definition) is 4. The molecular weight excluding hydrogens is 342 g/mol. The first-order chi connectivity index (χ1) is 13.1. The van der Waals surface area contributed by atoms with E-state index in [1.165, 1.54) is 11.1 Å². The highest BCUT2D eigenvalue weighted by Gasteiger charge is 2.08. The normalized spacial score (nSPS) is 11.1. The van der Waals surface area contributed by atoms with Gasteiger partial charge in [0, 0.05) is 27.2 Å². The zero-order valence-electron chi connectivity index (χ0n) is 16.8. The van der Waals surface area contributed by atoms with Crippen molar-refractivity contribution in [1.29, 1.82) is 0 Å². The molecule has 0 heterocycles. The molecule has 2 rings (SSSR count). The lowest BCUT2D eigenvalue weighted by molar-refractivity contribution is 0.354. The smallest absolute Gasteiger partial charge is 0.193 e. The Bertz CT molecular complexity index is 745. The molecule has 0 aromatic heterocycles. The number of guanidine groups is 1. The maximum absolute atomic E-state index is 5.37. The third-order valence-corrected chi connectivity index (χ3v) is 4.37. The van der Waals surface area contributed by atoms with Crippen molar-refractivity contribution in [2.75, 3.05) is 42.0 Å². The predicted octanol–water partition coefficient (Wildman–Crippen LogP) is 2.96. The van der Waals surface area contributed by atoms with Crippen LogP contribution in [0.25, 0.3) is 0 Å². The molecule has 6 heteroatoms. The molecule has 2 aromatic rings. The van der Waals surface area contributed by atoms with Gasteiger partial charge in [-0.2, -0.15) is 0 Å². The molecule has 0 bridgehead atoms. The number of benzene rings is 2. The minimum Gasteiger partial charge on any atom is -0.497 e. The van der Waals surface area contributed by atoms with Crippen molar-refractivity contribution in [1.82, 2.24) is 10.2 Å². The van der Waals surface area contributed by atoms with E-state index >= 15 is 0 Å². The van der Waals surface area contributed by atoms with Gasteiger partial charge in [0.1, 0.15) is 5.75 Å². The predicted molar refractivity (Wildman–Crippen MR) is 109 cm³/mol. The van der Waals surface area contributed by atoms with Gasteiger partial charge in [0.25, 0.3) is 0 Å². The van der Waals surface area contributed by atoms with Crippen LogP contribution in [0.15, 0.2) is 47.5 Å². The molecule has 0 amide bonds. The number of likely N-dealkylation sites (N-methyl/N-ethyl adjacent to an activating group) is 1. The Balaban J connectivity index is 1.89. The Morgan fingerprint density at radius 2 is 1.59 bits per heavy atom. The fourth-order valence-electron chi connectivity index (χ4n) is 2.75. The van der Waals surface area contributed by atoms with Crippen molar-refractivity contribution in [3.8, 4) is 17.2 Å². The van der Waals surface area contributed by atoms with E-state index in [1.54, 1.807) is 28.4 Å². The van der Waals surface area contributed by atoms with Crippen molar-refractivity contribution >= 4 is 5.96 Å². The summed E-state index contributed by atoms with van der Waals surface area (Å²) < 4.78 is 15.9. The number of ether oxygens (including phenoxy) is 3. The third kappa shape index (κ3) is 5.81. The average molecular weight is 371 g/mol. The van der Waals surface area contributed by atoms with Crippen molar-refractivity contribution in [2.45, 2.75) is 13.0 Å². The molecule has 27 heavy (non-hydrogen) atoms. The first-order valence-electron chi connectivity index (χ1n) is 8.87. The summed E-state index contributed by atoms with van der Waals surface area (Å²) in [5.74, 6) is 3.20. The topological polar surface area (TPSA) is 55.3 Å². The van der Waals surface area contributed by atoms with Gasteiger partial charge in [-0.15, -0.1) is 0 Å². The second-order valence-corrected chi connectivity index (χ2v) is 6.11. The number of rotatable bonds is 8. The summed E-state index contributed by atoms with van der Waals surface area (Å²) in [5.41, 5.74) is 2.36. The molecule has 1 N–H and O–H groups in total. The number of nitrogens with zero attached hydrogens (tertiary/aromatic N) is 2. The zero-order chi connectivity index (χ0) is 19.6. The number of nitrogens with one attached hydrogen (secondary N) is 1. The quantitative estimate of drug-likeness (QED) is 0.571. The van der Waals surface area contributed by atoms with E-state index in [0.29, 0.717) is 6.54 Å². The Kier molecular flexibility index (Phi) is 7.79. The van der Waals surface area contributed by atoms with Gasteiger partial charge < -0.3 is 24.4 Å². The number of hydrogen-bond donors (Lipinski definition) is 1. The molecule has 0 unspecified atom stereocenters. The number of methoxy groups -OCH3 is 3. The fourth-order valence-corrected chi connectivity index (χ4v) is 2.75. The molecule has 0 fully saturated rings. The van der Waals surface area contributed by atoms with Crippen molar-refractivity contribution in [3.63, 3.8) is 0 Å². The summed E-state index contributed by atoms with van der Waals surface area (Å²) in [7, 11) is 8.79. The fraction of sp³-hybridized carbons (Fsp3) is 0.381. The second kappa shape index (κ2) is 10.3. The highest BCUT2D eigenvalue weighted by Crippen LogP contribution is 2.27. The second-order valence-electron chi connectivity index (χ2n) is 6.11. The summed E-state index contributed by atoms with van der Waals surface area (Å²) in [6, 6.07) is 14.0. The summed E-state index contributed by atoms with van der Waals surface area (Å²) in [6.45, 7) is 1.54. The maximum atomic E-state index is 5.37. The van der Waals surface area contributed by atoms with Gasteiger partial charge in [0.2, 0.25) is 0 Å². The van der Waals surface area contributed by atoms with Crippen LogP contribution in [-0.4, -0.2) is 52.8 Å². The monoisotopic (exact) mass is 371 g/mol. The largest absolute Gasteiger partial charge is 0.497 e. The van der Waals surface area contributed by atoms with Crippen molar-refractivity contribution in [3.05, 3.63) is 53.6 Å². The van der Waals surface area contributed by atoms with Crippen LogP contribution in [-0.2, 0) is 13.0 Å². The molecular formula is C21H29N3O3. The first kappa shape index (κ1) is 20.4. The lowest BCUT2D eigenvalue weighted by Gasteiger charge is -2.22. The van der Waals surface area contributed by atoms with Crippen molar-refractivity contribution in [2.24, 2.45) is 4.99 Å². The van der Waals surface area contributed by atoms with Crippen LogP contribution in [0.5, 0.6) is 17.2 Å². The first-order valence-corrected chi connectivity index (χ1v) is 8.87. The Morgan fingerprint density at radius 1 is 0.926 bits per heavy atom. The lowest BCUT2D eigenvalue weighted by Crippen LogP contribution is -2.39. The van der Waals surface area contributed by atoms with Crippen LogP contribution >= 0.6 is 0 Å². The molecule has 0 aliphatic rings. The molecule has 0 saturated heterocycles. The third-order valence-electron chi connectivity index (χ3n) is 4.37. The van der Waals surface area contributed by atoms with Gasteiger partial charge in [-0.25, -0.2) is 0 Å². The van der Waals surface area contributed by atoms with Gasteiger partial charge in [-0.1, -0.05) is 18.2 Å². The standard InChI is InChI=1S/C21H29N3O3/c1-22-21(23-15-17-6-9-18(25-3)10-7-17)24(2)13-12-16-8-11-19(26-4)20(14-16)27-5/h6-11,14H,12-13,15H2,1-5H3,(H,22,23). The Hall–Kier alpha value is -2.89. The van der Waals surface area contributed by atoms with Crippen LogP contribution in [0.1, 0.15) is 11.1 Å². The van der Waals surface area contributed by atoms with Gasteiger partial charge in [-0.3, -0.25) is 4.99 Å². The molecule has 6 nitrogen and oxygen atoms in total. The van der Waals surface area contributed by atoms with Crippen LogP contribution in [0.4, 0.5) is 0 Å². The molecule has 0 atom stereocenters. The van der Waals surface area contributed by atoms with E-state index in [0.717, 1.165) is 36.2 Å². The summed E-state index contributed by atoms with van der Waals surface area (Å²) in [5, 5.41) is 3.39. The molecule has 146 valence electrons. The molecule has 0 aliphatic heterocycles. The maximum Gasteiger partial charge on any atom is 0.193 e. The van der Waals surface area contributed by atoms with E-state index in [-0.39, 0.29) is 0 Å². The molecule has 0 radical (unpaired) electrons. The van der Waals surface area contributed by atoms with Gasteiger partial charge >= 0.3 is 0 Å². The SMILES string of the molecule is CN=C(NCc1ccc(OC)cc1)N(C)CCc1ccc(OC)c(OC)c1. The average Bonchev–Trinajstić information content (AvgIpc) is 2.72. The Labute approximate surface area is 161 Å². The van der Waals surface area contributed by atoms with E-state index in [2.05, 4.69) is 21.3 Å². The molecule has 0 spiro atoms. The van der Waals surface area contributed by atoms with Crippen LogP contribution in [0.2, 0.25) is 0 Å². The highest BCUT2D eigenvalue weighted by molar-refractivity contribution is 5.79. The van der Waals surface area contributed by atoms with Crippen LogP contribution in [0, 0.1) is 0 Å². The van der Waals surface area contributed by atoms with Crippen molar-refractivity contribution < 1.29 is 14.2 Å². The number of aliphatic imine (C=N–C) groups is 1. The van der Waals surface area contributed by atoms with Gasteiger partial charge in [-0.05, 0) is 41.8 Å². The summed E-state index contributed by atoms with van der Waals surface area (Å²) in [4.78, 5) is 6.48. The van der Waals surface area contributed by atoms with E-state index in [4.69, 9.17) is 14.2 Å². The summed E-state index contributed by atoms with van der Waals surface area (Å²) in [6.07, 6.45) is 0.875. The minimum atomic E-state index is 0.706. The van der Waals surface area contributed by atoms with Crippen LogP contribution < -0.4 is 19.5 Å².